The van der Waals surface area contributed by atoms with Gasteiger partial charge in [0.15, 0.2) is 6.61 Å². The summed E-state index contributed by atoms with van der Waals surface area (Å²) in [5.74, 6) is 1.37. The van der Waals surface area contributed by atoms with Crippen molar-refractivity contribution in [3.05, 3.63) is 64.5 Å². The average molecular weight is 353 g/mol. The maximum absolute atomic E-state index is 12.7. The first-order valence-corrected chi connectivity index (χ1v) is 8.09. The third-order valence-electron chi connectivity index (χ3n) is 3.81. The highest BCUT2D eigenvalue weighted by Gasteiger charge is 2.15. The minimum absolute atomic E-state index is 0.0864. The monoisotopic (exact) mass is 353 g/mol. The molecule has 2 aromatic carbocycles. The Balaban J connectivity index is 1.91. The fourth-order valence-corrected chi connectivity index (χ4v) is 2.36. The highest BCUT2D eigenvalue weighted by atomic mass is 16.5. The Kier molecular flexibility index (Phi) is 4.93. The van der Waals surface area contributed by atoms with Crippen LogP contribution >= 0.6 is 0 Å². The van der Waals surface area contributed by atoms with Crippen molar-refractivity contribution in [2.45, 2.75) is 6.92 Å². The zero-order valence-corrected chi connectivity index (χ0v) is 14.8. The molecule has 0 radical (unpaired) electrons. The number of carbonyl (C=O) groups is 1. The summed E-state index contributed by atoms with van der Waals surface area (Å²) < 4.78 is 16.9. The third-order valence-corrected chi connectivity index (χ3v) is 3.81. The quantitative estimate of drug-likeness (QED) is 0.703. The topological polar surface area (TPSA) is 69.0 Å². The highest BCUT2D eigenvalue weighted by molar-refractivity contribution is 5.80. The number of nitrogens with zero attached hydrogens (tertiary/aromatic N) is 1. The summed E-state index contributed by atoms with van der Waals surface area (Å²) in [5.41, 5.74) is 0.117. The molecule has 0 saturated heterocycles. The Labute approximate surface area is 150 Å². The minimum Gasteiger partial charge on any atom is -0.484 e. The van der Waals surface area contributed by atoms with Gasteiger partial charge in [0.25, 0.3) is 5.91 Å². The molecule has 6 nitrogen and oxygen atoms in total. The number of ether oxygens (including phenoxy) is 2. The second kappa shape index (κ2) is 7.31. The van der Waals surface area contributed by atoms with Gasteiger partial charge in [-0.05, 0) is 31.2 Å². The van der Waals surface area contributed by atoms with Gasteiger partial charge in [-0.2, -0.15) is 0 Å². The molecule has 0 unspecified atom stereocenters. The van der Waals surface area contributed by atoms with Crippen LogP contribution in [0.3, 0.4) is 0 Å². The summed E-state index contributed by atoms with van der Waals surface area (Å²) >= 11 is 0. The molecule has 26 heavy (non-hydrogen) atoms. The van der Waals surface area contributed by atoms with Gasteiger partial charge in [-0.1, -0.05) is 18.2 Å². The Morgan fingerprint density at radius 2 is 1.81 bits per heavy atom. The van der Waals surface area contributed by atoms with E-state index >= 15 is 0 Å². The van der Waals surface area contributed by atoms with Gasteiger partial charge in [-0.15, -0.1) is 0 Å². The number of rotatable bonds is 5. The number of likely N-dealkylation sites (N-methyl/N-ethyl adjacent to an activating group) is 1. The van der Waals surface area contributed by atoms with Crippen molar-refractivity contribution in [1.29, 1.82) is 0 Å². The van der Waals surface area contributed by atoms with Crippen LogP contribution in [0.2, 0.25) is 0 Å². The molecule has 0 fully saturated rings. The largest absolute Gasteiger partial charge is 0.484 e. The molecule has 6 heteroatoms. The molecular formula is C20H19NO5. The van der Waals surface area contributed by atoms with Gasteiger partial charge in [0.05, 0.1) is 5.39 Å². The lowest BCUT2D eigenvalue weighted by atomic mass is 10.2. The number of aryl methyl sites for hydroxylation is 1. The molecule has 0 N–H and O–H groups in total. The summed E-state index contributed by atoms with van der Waals surface area (Å²) in [6.07, 6.45) is 0. The Hall–Kier alpha value is -3.28. The summed E-state index contributed by atoms with van der Waals surface area (Å²) in [5, 5.41) is 0.382. The molecule has 0 aliphatic carbocycles. The second-order valence-corrected chi connectivity index (χ2v) is 5.97. The van der Waals surface area contributed by atoms with Gasteiger partial charge >= 0.3 is 0 Å². The lowest BCUT2D eigenvalue weighted by Gasteiger charge is -2.12. The van der Waals surface area contributed by atoms with Crippen LogP contribution in [-0.4, -0.2) is 31.5 Å². The smallest absolute Gasteiger partial charge is 0.259 e. The van der Waals surface area contributed by atoms with Crippen LogP contribution in [0.5, 0.6) is 17.2 Å². The van der Waals surface area contributed by atoms with E-state index in [1.165, 1.54) is 4.90 Å². The van der Waals surface area contributed by atoms with Crippen molar-refractivity contribution in [3.63, 3.8) is 0 Å². The maximum atomic E-state index is 12.7. The van der Waals surface area contributed by atoms with E-state index in [2.05, 4.69) is 0 Å². The first-order valence-electron chi connectivity index (χ1n) is 8.09. The number of fused-ring (bicyclic) bond motifs is 1. The predicted octanol–water partition coefficient (Wildman–Crippen LogP) is 3.36. The van der Waals surface area contributed by atoms with E-state index in [-0.39, 0.29) is 23.7 Å². The molecule has 0 aliphatic rings. The van der Waals surface area contributed by atoms with Crippen LogP contribution in [-0.2, 0) is 4.79 Å². The average Bonchev–Trinajstić information content (AvgIpc) is 2.63. The first-order chi connectivity index (χ1) is 12.5. The van der Waals surface area contributed by atoms with Crippen LogP contribution < -0.4 is 14.9 Å². The van der Waals surface area contributed by atoms with E-state index < -0.39 is 0 Å². The van der Waals surface area contributed by atoms with Crippen molar-refractivity contribution in [1.82, 2.24) is 4.90 Å². The summed E-state index contributed by atoms with van der Waals surface area (Å²) in [7, 11) is 3.31. The van der Waals surface area contributed by atoms with Gasteiger partial charge in [-0.25, -0.2) is 0 Å². The fraction of sp³-hybridized carbons (Fsp3) is 0.200. The second-order valence-electron chi connectivity index (χ2n) is 5.97. The van der Waals surface area contributed by atoms with E-state index in [0.717, 1.165) is 0 Å². The van der Waals surface area contributed by atoms with Crippen molar-refractivity contribution < 1.29 is 18.7 Å². The van der Waals surface area contributed by atoms with E-state index in [4.69, 9.17) is 13.9 Å². The van der Waals surface area contributed by atoms with Crippen LogP contribution in [0.15, 0.2) is 57.7 Å². The van der Waals surface area contributed by atoms with E-state index in [1.54, 1.807) is 51.4 Å². The standard InChI is InChI=1S/C20H19NO5/c1-13-20(26-14-7-5-4-6-8-14)19(23)16-10-9-15(11-17(16)25-13)24-12-18(22)21(2)3/h4-11H,12H2,1-3H3. The Morgan fingerprint density at radius 3 is 2.50 bits per heavy atom. The molecule has 0 aliphatic heterocycles. The van der Waals surface area contributed by atoms with E-state index in [0.29, 0.717) is 28.2 Å². The van der Waals surface area contributed by atoms with Gasteiger partial charge in [-0.3, -0.25) is 9.59 Å². The summed E-state index contributed by atoms with van der Waals surface area (Å²) in [6, 6.07) is 13.9. The lowest BCUT2D eigenvalue weighted by Crippen LogP contribution is -2.27. The predicted molar refractivity (Wildman–Crippen MR) is 97.9 cm³/mol. The molecule has 3 rings (SSSR count). The number of hydrogen-bond donors (Lipinski definition) is 0. The zero-order valence-electron chi connectivity index (χ0n) is 14.8. The van der Waals surface area contributed by atoms with Crippen LogP contribution in [0.4, 0.5) is 0 Å². The number of para-hydroxylation sites is 1. The molecule has 0 saturated carbocycles. The molecule has 1 heterocycles. The van der Waals surface area contributed by atoms with Gasteiger partial charge in [0, 0.05) is 20.2 Å². The number of amides is 1. The van der Waals surface area contributed by atoms with Crippen molar-refractivity contribution in [3.8, 4) is 17.2 Å². The SMILES string of the molecule is Cc1oc2cc(OCC(=O)N(C)C)ccc2c(=O)c1Oc1ccccc1. The maximum Gasteiger partial charge on any atom is 0.259 e. The van der Waals surface area contributed by atoms with Crippen LogP contribution in [0, 0.1) is 6.92 Å². The van der Waals surface area contributed by atoms with Crippen LogP contribution in [0.1, 0.15) is 5.76 Å². The molecule has 134 valence electrons. The molecule has 1 amide bonds. The fourth-order valence-electron chi connectivity index (χ4n) is 2.36. The molecule has 1 aromatic heterocycles. The molecule has 0 spiro atoms. The van der Waals surface area contributed by atoms with E-state index in [1.807, 2.05) is 18.2 Å². The molecular weight excluding hydrogens is 334 g/mol. The number of hydrogen-bond acceptors (Lipinski definition) is 5. The van der Waals surface area contributed by atoms with Crippen molar-refractivity contribution in [2.75, 3.05) is 20.7 Å². The summed E-state index contributed by atoms with van der Waals surface area (Å²) in [6.45, 7) is 1.58. The first kappa shape index (κ1) is 17.5. The Bertz CT molecular complexity index is 992. The molecule has 3 aromatic rings. The Morgan fingerprint density at radius 1 is 1.08 bits per heavy atom. The lowest BCUT2D eigenvalue weighted by molar-refractivity contribution is -0.130. The van der Waals surface area contributed by atoms with Gasteiger partial charge < -0.3 is 18.8 Å². The minimum atomic E-state index is -0.261. The third kappa shape index (κ3) is 3.69. The van der Waals surface area contributed by atoms with Crippen molar-refractivity contribution >= 4 is 16.9 Å². The normalized spacial score (nSPS) is 10.6. The van der Waals surface area contributed by atoms with Crippen molar-refractivity contribution in [2.24, 2.45) is 0 Å². The number of carbonyl (C=O) groups excluding carboxylic acids is 1. The summed E-state index contributed by atoms with van der Waals surface area (Å²) in [4.78, 5) is 25.8. The highest BCUT2D eigenvalue weighted by Crippen LogP contribution is 2.27. The zero-order chi connectivity index (χ0) is 18.7. The molecule has 0 bridgehead atoms. The van der Waals surface area contributed by atoms with Gasteiger partial charge in [0.1, 0.15) is 22.8 Å². The van der Waals surface area contributed by atoms with Crippen LogP contribution in [0.25, 0.3) is 11.0 Å². The number of benzene rings is 2. The molecule has 0 atom stereocenters. The van der Waals surface area contributed by atoms with Gasteiger partial charge in [0.2, 0.25) is 11.2 Å². The van der Waals surface area contributed by atoms with E-state index in [9.17, 15) is 9.59 Å².